The molecule has 2 rings (SSSR count). The Hall–Kier alpha value is -1.71. The Balaban J connectivity index is 2.23. The predicted octanol–water partition coefficient (Wildman–Crippen LogP) is 1.87. The normalized spacial score (nSPS) is 21.7. The maximum Gasteiger partial charge on any atom is 0.287 e. The van der Waals surface area contributed by atoms with E-state index in [1.807, 2.05) is 0 Å². The highest BCUT2D eigenvalue weighted by Crippen LogP contribution is 2.21. The van der Waals surface area contributed by atoms with Gasteiger partial charge in [-0.15, -0.1) is 5.11 Å². The van der Waals surface area contributed by atoms with E-state index in [1.54, 1.807) is 24.5 Å². The molecule has 0 aromatic carbocycles. The van der Waals surface area contributed by atoms with Crippen molar-refractivity contribution in [3.63, 3.8) is 0 Å². The fraction of sp³-hybridized carbons (Fsp3) is 0.125. The van der Waals surface area contributed by atoms with E-state index in [0.717, 1.165) is 0 Å². The minimum Gasteiger partial charge on any atom is -0.467 e. The molecular formula is C8H6N2O2. The third-order valence-electron chi connectivity index (χ3n) is 1.54. The van der Waals surface area contributed by atoms with Gasteiger partial charge in [0.25, 0.3) is 5.91 Å². The molecule has 0 fully saturated rings. The molecule has 4 heteroatoms. The molecule has 0 aliphatic carbocycles. The van der Waals surface area contributed by atoms with Crippen molar-refractivity contribution in [2.45, 2.75) is 6.04 Å². The molecule has 0 radical (unpaired) electrons. The molecule has 1 aliphatic rings. The van der Waals surface area contributed by atoms with Crippen molar-refractivity contribution >= 4 is 5.91 Å². The molecule has 0 saturated heterocycles. The van der Waals surface area contributed by atoms with Crippen LogP contribution in [0.1, 0.15) is 11.8 Å². The Morgan fingerprint density at radius 3 is 3.00 bits per heavy atom. The predicted molar refractivity (Wildman–Crippen MR) is 40.5 cm³/mol. The Morgan fingerprint density at radius 1 is 1.50 bits per heavy atom. The molecule has 1 aromatic heterocycles. The number of nitrogens with zero attached hydrogens (tertiary/aromatic N) is 2. The zero-order valence-corrected chi connectivity index (χ0v) is 6.18. The summed E-state index contributed by atoms with van der Waals surface area (Å²) in [5.74, 6) is 0.375. The smallest absolute Gasteiger partial charge is 0.287 e. The average molecular weight is 162 g/mol. The number of furan rings is 1. The fourth-order valence-corrected chi connectivity index (χ4v) is 0.976. The van der Waals surface area contributed by atoms with Crippen LogP contribution in [0.3, 0.4) is 0 Å². The quantitative estimate of drug-likeness (QED) is 0.632. The summed E-state index contributed by atoms with van der Waals surface area (Å²) in [6.45, 7) is 0. The van der Waals surface area contributed by atoms with Gasteiger partial charge in [-0.05, 0) is 18.2 Å². The largest absolute Gasteiger partial charge is 0.467 e. The molecule has 1 unspecified atom stereocenters. The molecule has 2 heterocycles. The van der Waals surface area contributed by atoms with Crippen LogP contribution in [-0.2, 0) is 4.79 Å². The SMILES string of the molecule is O=C1C=CC(c2ccco2)N=N1. The topological polar surface area (TPSA) is 54.9 Å². The Labute approximate surface area is 68.6 Å². The van der Waals surface area contributed by atoms with Crippen LogP contribution in [0.4, 0.5) is 0 Å². The van der Waals surface area contributed by atoms with Crippen molar-refractivity contribution in [2.75, 3.05) is 0 Å². The van der Waals surface area contributed by atoms with E-state index in [2.05, 4.69) is 10.2 Å². The minimum absolute atomic E-state index is 0.238. The molecule has 1 amide bonds. The van der Waals surface area contributed by atoms with Crippen molar-refractivity contribution in [1.82, 2.24) is 0 Å². The maximum absolute atomic E-state index is 10.6. The molecule has 1 aliphatic heterocycles. The first-order valence-corrected chi connectivity index (χ1v) is 3.53. The van der Waals surface area contributed by atoms with Crippen molar-refractivity contribution < 1.29 is 9.21 Å². The van der Waals surface area contributed by atoms with Crippen LogP contribution in [0, 0.1) is 0 Å². The van der Waals surface area contributed by atoms with E-state index >= 15 is 0 Å². The lowest BCUT2D eigenvalue weighted by molar-refractivity contribution is -0.114. The van der Waals surface area contributed by atoms with Crippen molar-refractivity contribution in [3.05, 3.63) is 36.3 Å². The van der Waals surface area contributed by atoms with Gasteiger partial charge in [-0.3, -0.25) is 4.79 Å². The number of carbonyl (C=O) groups excluding carboxylic acids is 1. The number of amides is 1. The van der Waals surface area contributed by atoms with Gasteiger partial charge in [-0.2, -0.15) is 5.11 Å². The van der Waals surface area contributed by atoms with E-state index in [4.69, 9.17) is 4.42 Å². The molecular weight excluding hydrogens is 156 g/mol. The third-order valence-corrected chi connectivity index (χ3v) is 1.54. The van der Waals surface area contributed by atoms with Gasteiger partial charge in [0.05, 0.1) is 6.26 Å². The van der Waals surface area contributed by atoms with Crippen LogP contribution in [0.5, 0.6) is 0 Å². The lowest BCUT2D eigenvalue weighted by Gasteiger charge is -2.03. The zero-order chi connectivity index (χ0) is 8.39. The highest BCUT2D eigenvalue weighted by molar-refractivity contribution is 5.88. The van der Waals surface area contributed by atoms with Gasteiger partial charge in [0.1, 0.15) is 11.8 Å². The van der Waals surface area contributed by atoms with Crippen LogP contribution in [-0.4, -0.2) is 5.91 Å². The summed E-state index contributed by atoms with van der Waals surface area (Å²) in [4.78, 5) is 10.6. The van der Waals surface area contributed by atoms with Gasteiger partial charge in [0, 0.05) is 6.08 Å². The standard InChI is InChI=1S/C8H6N2O2/c11-8-4-3-6(9-10-8)7-2-1-5-12-7/h1-6H. The first kappa shape index (κ1) is 6.97. The number of hydrogen-bond donors (Lipinski definition) is 0. The zero-order valence-electron chi connectivity index (χ0n) is 6.18. The summed E-state index contributed by atoms with van der Waals surface area (Å²) in [6.07, 6.45) is 4.61. The van der Waals surface area contributed by atoms with E-state index in [-0.39, 0.29) is 11.9 Å². The second-order valence-electron chi connectivity index (χ2n) is 2.37. The van der Waals surface area contributed by atoms with E-state index in [1.165, 1.54) is 6.08 Å². The summed E-state index contributed by atoms with van der Waals surface area (Å²) in [5, 5.41) is 7.15. The first-order valence-electron chi connectivity index (χ1n) is 3.53. The van der Waals surface area contributed by atoms with Gasteiger partial charge in [-0.1, -0.05) is 0 Å². The number of azo groups is 1. The summed E-state index contributed by atoms with van der Waals surface area (Å²) in [6, 6.07) is 3.33. The second-order valence-corrected chi connectivity index (χ2v) is 2.37. The number of rotatable bonds is 1. The Morgan fingerprint density at radius 2 is 2.42 bits per heavy atom. The van der Waals surface area contributed by atoms with Gasteiger partial charge in [-0.25, -0.2) is 0 Å². The first-order chi connectivity index (χ1) is 5.86. The fourth-order valence-electron chi connectivity index (χ4n) is 0.976. The van der Waals surface area contributed by atoms with Crippen LogP contribution in [0.2, 0.25) is 0 Å². The summed E-state index contributed by atoms with van der Waals surface area (Å²) in [5.41, 5.74) is 0. The van der Waals surface area contributed by atoms with Crippen molar-refractivity contribution in [1.29, 1.82) is 0 Å². The molecule has 4 nitrogen and oxygen atoms in total. The van der Waals surface area contributed by atoms with Crippen LogP contribution in [0.25, 0.3) is 0 Å². The molecule has 1 atom stereocenters. The van der Waals surface area contributed by atoms with Crippen molar-refractivity contribution in [3.8, 4) is 0 Å². The Kier molecular flexibility index (Phi) is 1.59. The monoisotopic (exact) mass is 162 g/mol. The molecule has 0 saturated carbocycles. The summed E-state index contributed by atoms with van der Waals surface area (Å²) in [7, 11) is 0. The van der Waals surface area contributed by atoms with Crippen LogP contribution >= 0.6 is 0 Å². The Bertz CT molecular complexity index is 322. The average Bonchev–Trinajstić information content (AvgIpc) is 2.58. The van der Waals surface area contributed by atoms with Crippen molar-refractivity contribution in [2.24, 2.45) is 10.2 Å². The molecule has 1 aromatic rings. The summed E-state index contributed by atoms with van der Waals surface area (Å²) < 4.78 is 5.09. The third kappa shape index (κ3) is 1.18. The molecule has 0 N–H and O–H groups in total. The number of hydrogen-bond acceptors (Lipinski definition) is 3. The molecule has 60 valence electrons. The highest BCUT2D eigenvalue weighted by Gasteiger charge is 2.13. The molecule has 0 spiro atoms. The van der Waals surface area contributed by atoms with Crippen LogP contribution < -0.4 is 0 Å². The van der Waals surface area contributed by atoms with E-state index in [9.17, 15) is 4.79 Å². The second kappa shape index (κ2) is 2.73. The minimum atomic E-state index is -0.321. The van der Waals surface area contributed by atoms with Gasteiger partial charge in [0.15, 0.2) is 0 Å². The van der Waals surface area contributed by atoms with Gasteiger partial charge >= 0.3 is 0 Å². The van der Waals surface area contributed by atoms with E-state index < -0.39 is 0 Å². The lowest BCUT2D eigenvalue weighted by Crippen LogP contribution is -1.97. The number of carbonyl (C=O) groups is 1. The lowest BCUT2D eigenvalue weighted by atomic mass is 10.2. The summed E-state index contributed by atoms with van der Waals surface area (Å²) >= 11 is 0. The highest BCUT2D eigenvalue weighted by atomic mass is 16.3. The molecule has 12 heavy (non-hydrogen) atoms. The van der Waals surface area contributed by atoms with Gasteiger partial charge < -0.3 is 4.42 Å². The maximum atomic E-state index is 10.6. The van der Waals surface area contributed by atoms with Crippen LogP contribution in [0.15, 0.2) is 45.2 Å². The molecule has 0 bridgehead atoms. The van der Waals surface area contributed by atoms with E-state index in [0.29, 0.717) is 5.76 Å². The van der Waals surface area contributed by atoms with Gasteiger partial charge in [0.2, 0.25) is 0 Å².